The molecule has 3 rings (SSSR count). The summed E-state index contributed by atoms with van der Waals surface area (Å²) in [6, 6.07) is 9.83. The van der Waals surface area contributed by atoms with Crippen LogP contribution in [0.15, 0.2) is 36.5 Å². The van der Waals surface area contributed by atoms with E-state index in [9.17, 15) is 4.79 Å². The van der Waals surface area contributed by atoms with Gasteiger partial charge in [-0.3, -0.25) is 9.78 Å². The summed E-state index contributed by atoms with van der Waals surface area (Å²) in [4.78, 5) is 16.1. The summed E-state index contributed by atoms with van der Waals surface area (Å²) in [5, 5.41) is 3.99. The van der Waals surface area contributed by atoms with Crippen molar-refractivity contribution in [3.8, 4) is 5.75 Å². The Labute approximate surface area is 118 Å². The predicted octanol–water partition coefficient (Wildman–Crippen LogP) is 2.53. The Morgan fingerprint density at radius 2 is 2.20 bits per heavy atom. The maximum atomic E-state index is 11.8. The Hall–Kier alpha value is -2.10. The summed E-state index contributed by atoms with van der Waals surface area (Å²) in [6.07, 6.45) is 4.16. The molecule has 0 aliphatic heterocycles. The molecule has 1 N–H and O–H groups in total. The Morgan fingerprint density at radius 3 is 3.00 bits per heavy atom. The highest BCUT2D eigenvalue weighted by atomic mass is 16.5. The van der Waals surface area contributed by atoms with E-state index in [0.717, 1.165) is 10.9 Å². The van der Waals surface area contributed by atoms with Gasteiger partial charge in [0, 0.05) is 17.6 Å². The second kappa shape index (κ2) is 5.49. The van der Waals surface area contributed by atoms with Gasteiger partial charge in [0.15, 0.2) is 6.61 Å². The molecule has 1 aliphatic carbocycles. The molecular formula is C16H18N2O2. The topological polar surface area (TPSA) is 51.2 Å². The fraction of sp³-hybridized carbons (Fsp3) is 0.375. The minimum Gasteiger partial charge on any atom is -0.481 e. The molecular weight excluding hydrogens is 252 g/mol. The van der Waals surface area contributed by atoms with Crippen LogP contribution in [0.5, 0.6) is 5.75 Å². The molecule has 104 valence electrons. The van der Waals surface area contributed by atoms with E-state index in [1.165, 1.54) is 12.8 Å². The van der Waals surface area contributed by atoms with Crippen molar-refractivity contribution in [2.45, 2.75) is 25.8 Å². The van der Waals surface area contributed by atoms with E-state index in [0.29, 0.717) is 11.7 Å². The number of nitrogens with zero attached hydrogens (tertiary/aromatic N) is 1. The highest BCUT2D eigenvalue weighted by Gasteiger charge is 2.28. The van der Waals surface area contributed by atoms with E-state index in [1.54, 1.807) is 6.20 Å². The lowest BCUT2D eigenvalue weighted by Crippen LogP contribution is -2.37. The highest BCUT2D eigenvalue weighted by molar-refractivity contribution is 5.85. The molecule has 1 heterocycles. The van der Waals surface area contributed by atoms with Crippen molar-refractivity contribution in [2.75, 3.05) is 6.61 Å². The predicted molar refractivity (Wildman–Crippen MR) is 77.6 cm³/mol. The summed E-state index contributed by atoms with van der Waals surface area (Å²) in [7, 11) is 0. The first-order chi connectivity index (χ1) is 9.74. The molecule has 0 saturated heterocycles. The van der Waals surface area contributed by atoms with Crippen LogP contribution in [0.3, 0.4) is 0 Å². The lowest BCUT2D eigenvalue weighted by Gasteiger charge is -2.13. The van der Waals surface area contributed by atoms with Crippen LogP contribution in [0.1, 0.15) is 19.8 Å². The van der Waals surface area contributed by atoms with Crippen LogP contribution in [0.4, 0.5) is 0 Å². The van der Waals surface area contributed by atoms with E-state index in [2.05, 4.69) is 17.2 Å². The van der Waals surface area contributed by atoms with E-state index in [1.807, 2.05) is 30.3 Å². The molecule has 1 aromatic heterocycles. The van der Waals surface area contributed by atoms with Crippen LogP contribution in [0, 0.1) is 5.92 Å². The first-order valence-corrected chi connectivity index (χ1v) is 7.00. The van der Waals surface area contributed by atoms with E-state index in [-0.39, 0.29) is 18.6 Å². The van der Waals surface area contributed by atoms with Crippen LogP contribution < -0.4 is 10.1 Å². The SMILES string of the molecule is C[C@H](NC(=O)COc1cccc2cccnc12)C1CC1. The van der Waals surface area contributed by atoms with Crippen LogP contribution in [0.25, 0.3) is 10.9 Å². The highest BCUT2D eigenvalue weighted by Crippen LogP contribution is 2.32. The van der Waals surface area contributed by atoms with Crippen molar-refractivity contribution in [2.24, 2.45) is 5.92 Å². The van der Waals surface area contributed by atoms with Gasteiger partial charge in [-0.25, -0.2) is 0 Å². The molecule has 1 amide bonds. The second-order valence-electron chi connectivity index (χ2n) is 5.31. The van der Waals surface area contributed by atoms with Gasteiger partial charge in [-0.15, -0.1) is 0 Å². The molecule has 1 aliphatic rings. The molecule has 0 unspecified atom stereocenters. The van der Waals surface area contributed by atoms with Crippen molar-refractivity contribution < 1.29 is 9.53 Å². The van der Waals surface area contributed by atoms with Crippen LogP contribution >= 0.6 is 0 Å². The third-order valence-corrected chi connectivity index (χ3v) is 3.67. The number of pyridine rings is 1. The number of carbonyl (C=O) groups excluding carboxylic acids is 1. The third-order valence-electron chi connectivity index (χ3n) is 3.67. The Bertz CT molecular complexity index is 617. The van der Waals surface area contributed by atoms with Gasteiger partial charge in [0.2, 0.25) is 0 Å². The fourth-order valence-electron chi connectivity index (χ4n) is 2.35. The normalized spacial score (nSPS) is 15.8. The van der Waals surface area contributed by atoms with Crippen molar-refractivity contribution in [3.05, 3.63) is 36.5 Å². The van der Waals surface area contributed by atoms with E-state index in [4.69, 9.17) is 4.74 Å². The zero-order valence-electron chi connectivity index (χ0n) is 11.5. The first-order valence-electron chi connectivity index (χ1n) is 7.00. The average molecular weight is 270 g/mol. The maximum Gasteiger partial charge on any atom is 0.258 e. The summed E-state index contributed by atoms with van der Waals surface area (Å²) in [5.41, 5.74) is 0.790. The minimum atomic E-state index is -0.0719. The smallest absolute Gasteiger partial charge is 0.258 e. The summed E-state index contributed by atoms with van der Waals surface area (Å²) < 4.78 is 5.61. The number of amides is 1. The largest absolute Gasteiger partial charge is 0.481 e. The minimum absolute atomic E-state index is 0.0345. The number of carbonyl (C=O) groups is 1. The fourth-order valence-corrected chi connectivity index (χ4v) is 2.35. The number of fused-ring (bicyclic) bond motifs is 1. The number of aromatic nitrogens is 1. The lowest BCUT2D eigenvalue weighted by molar-refractivity contribution is -0.123. The number of nitrogens with one attached hydrogen (secondary N) is 1. The van der Waals surface area contributed by atoms with Gasteiger partial charge < -0.3 is 10.1 Å². The van der Waals surface area contributed by atoms with Crippen molar-refractivity contribution in [1.29, 1.82) is 0 Å². The van der Waals surface area contributed by atoms with E-state index >= 15 is 0 Å². The lowest BCUT2D eigenvalue weighted by atomic mass is 10.2. The zero-order valence-corrected chi connectivity index (χ0v) is 11.5. The number of para-hydroxylation sites is 1. The molecule has 20 heavy (non-hydrogen) atoms. The molecule has 1 fully saturated rings. The number of hydrogen-bond acceptors (Lipinski definition) is 3. The number of ether oxygens (including phenoxy) is 1. The second-order valence-corrected chi connectivity index (χ2v) is 5.31. The van der Waals surface area contributed by atoms with Gasteiger partial charge in [0.1, 0.15) is 11.3 Å². The van der Waals surface area contributed by atoms with Crippen molar-refractivity contribution >= 4 is 16.8 Å². The van der Waals surface area contributed by atoms with Gasteiger partial charge in [-0.05, 0) is 37.8 Å². The van der Waals surface area contributed by atoms with Crippen LogP contribution in [0.2, 0.25) is 0 Å². The van der Waals surface area contributed by atoms with Crippen LogP contribution in [-0.4, -0.2) is 23.5 Å². The summed E-state index contributed by atoms with van der Waals surface area (Å²) in [5.74, 6) is 1.23. The standard InChI is InChI=1S/C16H18N2O2/c1-11(12-7-8-12)18-15(19)10-20-14-6-2-4-13-5-3-9-17-16(13)14/h2-6,9,11-12H,7-8,10H2,1H3,(H,18,19)/t11-/m0/s1. The molecule has 4 nitrogen and oxygen atoms in total. The number of rotatable bonds is 5. The average Bonchev–Trinajstić information content (AvgIpc) is 3.29. The maximum absolute atomic E-state index is 11.8. The molecule has 4 heteroatoms. The summed E-state index contributed by atoms with van der Waals surface area (Å²) in [6.45, 7) is 2.09. The van der Waals surface area contributed by atoms with Gasteiger partial charge in [-0.1, -0.05) is 18.2 Å². The number of hydrogen-bond donors (Lipinski definition) is 1. The quantitative estimate of drug-likeness (QED) is 0.908. The van der Waals surface area contributed by atoms with Crippen LogP contribution in [-0.2, 0) is 4.79 Å². The molecule has 0 spiro atoms. The molecule has 0 radical (unpaired) electrons. The Balaban J connectivity index is 1.63. The number of benzene rings is 1. The molecule has 0 bridgehead atoms. The van der Waals surface area contributed by atoms with Gasteiger partial charge in [0.25, 0.3) is 5.91 Å². The summed E-state index contributed by atoms with van der Waals surface area (Å²) >= 11 is 0. The van der Waals surface area contributed by atoms with Gasteiger partial charge in [-0.2, -0.15) is 0 Å². The van der Waals surface area contributed by atoms with E-state index < -0.39 is 0 Å². The Morgan fingerprint density at radius 1 is 1.40 bits per heavy atom. The zero-order chi connectivity index (χ0) is 13.9. The third kappa shape index (κ3) is 2.90. The monoisotopic (exact) mass is 270 g/mol. The van der Waals surface area contributed by atoms with Crippen molar-refractivity contribution in [3.63, 3.8) is 0 Å². The first kappa shape index (κ1) is 12.9. The molecule has 2 aromatic rings. The van der Waals surface area contributed by atoms with Crippen molar-refractivity contribution in [1.82, 2.24) is 10.3 Å². The van der Waals surface area contributed by atoms with Gasteiger partial charge >= 0.3 is 0 Å². The molecule has 1 saturated carbocycles. The Kier molecular flexibility index (Phi) is 3.54. The molecule has 1 atom stereocenters. The van der Waals surface area contributed by atoms with Gasteiger partial charge in [0.05, 0.1) is 0 Å². The molecule has 1 aromatic carbocycles.